The lowest BCUT2D eigenvalue weighted by Crippen LogP contribution is -2.13. The lowest BCUT2D eigenvalue weighted by atomic mass is 9.97. The molecule has 0 heterocycles. The van der Waals surface area contributed by atoms with Crippen LogP contribution in [0.1, 0.15) is 19.4 Å². The van der Waals surface area contributed by atoms with Crippen LogP contribution in [0.3, 0.4) is 0 Å². The largest absolute Gasteiger partial charge is 0.462 e. The molecule has 0 aliphatic heterocycles. The van der Waals surface area contributed by atoms with Gasteiger partial charge in [-0.1, -0.05) is 54.6 Å². The molecule has 0 saturated heterocycles. The molecular weight excluding hydrogens is 276 g/mol. The first-order valence-corrected chi connectivity index (χ1v) is 7.17. The van der Waals surface area contributed by atoms with Gasteiger partial charge in [-0.25, -0.2) is 4.79 Å². The maximum atomic E-state index is 11.9. The van der Waals surface area contributed by atoms with E-state index in [9.17, 15) is 9.59 Å². The highest BCUT2D eigenvalue weighted by molar-refractivity contribution is 6.20. The Hall–Kier alpha value is -2.68. The van der Waals surface area contributed by atoms with Crippen molar-refractivity contribution in [1.82, 2.24) is 0 Å². The number of carbonyl (C=O) groups is 2. The number of benzene rings is 2. The predicted molar refractivity (Wildman–Crippen MR) is 87.2 cm³/mol. The van der Waals surface area contributed by atoms with E-state index in [4.69, 9.17) is 4.74 Å². The van der Waals surface area contributed by atoms with Crippen molar-refractivity contribution >= 4 is 17.8 Å². The molecule has 0 amide bonds. The van der Waals surface area contributed by atoms with Gasteiger partial charge in [-0.3, -0.25) is 4.79 Å². The van der Waals surface area contributed by atoms with Crippen LogP contribution < -0.4 is 0 Å². The maximum Gasteiger partial charge on any atom is 0.341 e. The number of rotatable bonds is 5. The normalized spacial score (nSPS) is 11.1. The van der Waals surface area contributed by atoms with E-state index in [1.54, 1.807) is 13.0 Å². The fourth-order valence-electron chi connectivity index (χ4n) is 2.17. The first-order chi connectivity index (χ1) is 10.6. The quantitative estimate of drug-likeness (QED) is 0.364. The summed E-state index contributed by atoms with van der Waals surface area (Å²) in [6.45, 7) is 3.32. The molecule has 0 aliphatic carbocycles. The van der Waals surface area contributed by atoms with Gasteiger partial charge in [-0.05, 0) is 36.6 Å². The van der Waals surface area contributed by atoms with Crippen LogP contribution >= 0.6 is 0 Å². The van der Waals surface area contributed by atoms with Gasteiger partial charge < -0.3 is 4.74 Å². The maximum absolute atomic E-state index is 11.9. The van der Waals surface area contributed by atoms with E-state index in [1.807, 2.05) is 54.6 Å². The van der Waals surface area contributed by atoms with Gasteiger partial charge in [0.25, 0.3) is 0 Å². The molecule has 0 radical (unpaired) electrons. The standard InChI is InChI=1S/C19H18O3/c1-3-22-19(21)18(14(2)20)13-16-11-7-8-12-17(16)15-9-5-4-6-10-15/h4-13H,3H2,1-2H3. The van der Waals surface area contributed by atoms with Crippen molar-refractivity contribution in [1.29, 1.82) is 0 Å². The number of Topliss-reactive ketones (excluding diaryl/α,β-unsaturated/α-hetero) is 1. The average molecular weight is 294 g/mol. The minimum Gasteiger partial charge on any atom is -0.462 e. The van der Waals surface area contributed by atoms with Gasteiger partial charge in [0.2, 0.25) is 0 Å². The van der Waals surface area contributed by atoms with E-state index in [-0.39, 0.29) is 18.0 Å². The van der Waals surface area contributed by atoms with Gasteiger partial charge in [0.1, 0.15) is 5.57 Å². The monoisotopic (exact) mass is 294 g/mol. The summed E-state index contributed by atoms with van der Waals surface area (Å²) in [5.74, 6) is -0.890. The lowest BCUT2D eigenvalue weighted by Gasteiger charge is -2.08. The fraction of sp³-hybridized carbons (Fsp3) is 0.158. The Morgan fingerprint density at radius 3 is 2.27 bits per heavy atom. The second kappa shape index (κ2) is 7.36. The Bertz CT molecular complexity index is 700. The molecule has 2 aromatic carbocycles. The topological polar surface area (TPSA) is 43.4 Å². The second-order valence-corrected chi connectivity index (χ2v) is 4.79. The molecule has 3 heteroatoms. The molecule has 3 nitrogen and oxygen atoms in total. The van der Waals surface area contributed by atoms with Crippen molar-refractivity contribution in [3.05, 3.63) is 65.7 Å². The van der Waals surface area contributed by atoms with Crippen molar-refractivity contribution < 1.29 is 14.3 Å². The third-order valence-corrected chi connectivity index (χ3v) is 3.22. The molecule has 2 rings (SSSR count). The number of esters is 1. The zero-order valence-corrected chi connectivity index (χ0v) is 12.7. The van der Waals surface area contributed by atoms with Gasteiger partial charge in [-0.2, -0.15) is 0 Å². The highest BCUT2D eigenvalue weighted by Gasteiger charge is 2.16. The summed E-state index contributed by atoms with van der Waals surface area (Å²) in [6.07, 6.45) is 1.60. The summed E-state index contributed by atoms with van der Waals surface area (Å²) in [4.78, 5) is 23.7. The Labute approximate surface area is 130 Å². The van der Waals surface area contributed by atoms with Crippen molar-refractivity contribution in [2.24, 2.45) is 0 Å². The number of ether oxygens (including phenoxy) is 1. The van der Waals surface area contributed by atoms with Crippen LogP contribution in [0.25, 0.3) is 17.2 Å². The zero-order valence-electron chi connectivity index (χ0n) is 12.7. The van der Waals surface area contributed by atoms with Crippen LogP contribution in [0.5, 0.6) is 0 Å². The highest BCUT2D eigenvalue weighted by Crippen LogP contribution is 2.25. The molecule has 2 aromatic rings. The van der Waals surface area contributed by atoms with Crippen molar-refractivity contribution in [2.45, 2.75) is 13.8 Å². The van der Waals surface area contributed by atoms with Crippen molar-refractivity contribution in [2.75, 3.05) is 6.61 Å². The summed E-state index contributed by atoms with van der Waals surface area (Å²) in [6, 6.07) is 17.5. The molecule has 112 valence electrons. The smallest absolute Gasteiger partial charge is 0.341 e. The Morgan fingerprint density at radius 1 is 1.00 bits per heavy atom. The van der Waals surface area contributed by atoms with Crippen LogP contribution in [0, 0.1) is 0 Å². The van der Waals surface area contributed by atoms with E-state index in [1.165, 1.54) is 6.92 Å². The zero-order chi connectivity index (χ0) is 15.9. The van der Waals surface area contributed by atoms with Gasteiger partial charge in [0.15, 0.2) is 5.78 Å². The van der Waals surface area contributed by atoms with Crippen molar-refractivity contribution in [3.8, 4) is 11.1 Å². The lowest BCUT2D eigenvalue weighted by molar-refractivity contribution is -0.139. The first kappa shape index (κ1) is 15.7. The van der Waals surface area contributed by atoms with E-state index < -0.39 is 5.97 Å². The molecular formula is C19H18O3. The Morgan fingerprint density at radius 2 is 1.64 bits per heavy atom. The third-order valence-electron chi connectivity index (χ3n) is 3.22. The molecule has 0 aromatic heterocycles. The van der Waals surface area contributed by atoms with Crippen LogP contribution in [0.2, 0.25) is 0 Å². The molecule has 0 bridgehead atoms. The van der Waals surface area contributed by atoms with Crippen LogP contribution in [0.15, 0.2) is 60.2 Å². The van der Waals surface area contributed by atoms with Gasteiger partial charge in [0, 0.05) is 0 Å². The molecule has 0 fully saturated rings. The molecule has 22 heavy (non-hydrogen) atoms. The molecule has 0 spiro atoms. The SMILES string of the molecule is CCOC(=O)C(=Cc1ccccc1-c1ccccc1)C(C)=O. The number of carbonyl (C=O) groups excluding carboxylic acids is 2. The molecule has 0 N–H and O–H groups in total. The summed E-state index contributed by atoms with van der Waals surface area (Å²) in [7, 11) is 0. The Kier molecular flexibility index (Phi) is 5.26. The second-order valence-electron chi connectivity index (χ2n) is 4.79. The number of hydrogen-bond donors (Lipinski definition) is 0. The Balaban J connectivity index is 2.50. The average Bonchev–Trinajstić information content (AvgIpc) is 2.53. The van der Waals surface area contributed by atoms with Gasteiger partial charge >= 0.3 is 5.97 Å². The van der Waals surface area contributed by atoms with E-state index in [2.05, 4.69) is 0 Å². The third kappa shape index (κ3) is 3.70. The number of hydrogen-bond acceptors (Lipinski definition) is 3. The minimum atomic E-state index is -0.585. The van der Waals surface area contributed by atoms with Crippen LogP contribution in [-0.4, -0.2) is 18.4 Å². The minimum absolute atomic E-state index is 0.0604. The van der Waals surface area contributed by atoms with Crippen LogP contribution in [0.4, 0.5) is 0 Å². The van der Waals surface area contributed by atoms with Gasteiger partial charge in [-0.15, -0.1) is 0 Å². The summed E-state index contributed by atoms with van der Waals surface area (Å²) in [5, 5.41) is 0. The van der Waals surface area contributed by atoms with Gasteiger partial charge in [0.05, 0.1) is 6.61 Å². The summed E-state index contributed by atoms with van der Waals surface area (Å²) >= 11 is 0. The summed E-state index contributed by atoms with van der Waals surface area (Å²) in [5.41, 5.74) is 2.87. The first-order valence-electron chi connectivity index (χ1n) is 7.17. The number of ketones is 1. The predicted octanol–water partition coefficient (Wildman–Crippen LogP) is 3.89. The summed E-state index contributed by atoms with van der Waals surface area (Å²) < 4.78 is 4.96. The highest BCUT2D eigenvalue weighted by atomic mass is 16.5. The van der Waals surface area contributed by atoms with E-state index in [0.717, 1.165) is 16.7 Å². The molecule has 0 aliphatic rings. The fourth-order valence-corrected chi connectivity index (χ4v) is 2.17. The van der Waals surface area contributed by atoms with Crippen LogP contribution in [-0.2, 0) is 14.3 Å². The molecule has 0 unspecified atom stereocenters. The molecule has 0 atom stereocenters. The van der Waals surface area contributed by atoms with E-state index in [0.29, 0.717) is 0 Å². The van der Waals surface area contributed by atoms with Crippen molar-refractivity contribution in [3.63, 3.8) is 0 Å². The molecule has 0 saturated carbocycles. The van der Waals surface area contributed by atoms with E-state index >= 15 is 0 Å².